The SMILES string of the molecule is CC1CCCC1NC(=O)C1CC(O)CN1. The second-order valence-electron chi connectivity index (χ2n) is 4.87. The van der Waals surface area contributed by atoms with Gasteiger partial charge in [0, 0.05) is 12.6 Å². The molecule has 4 atom stereocenters. The van der Waals surface area contributed by atoms with Crippen LogP contribution in [0.2, 0.25) is 0 Å². The van der Waals surface area contributed by atoms with E-state index in [-0.39, 0.29) is 18.1 Å². The van der Waals surface area contributed by atoms with Crippen LogP contribution >= 0.6 is 0 Å². The predicted molar refractivity (Wildman–Crippen MR) is 57.4 cm³/mol. The van der Waals surface area contributed by atoms with Gasteiger partial charge in [-0.1, -0.05) is 13.3 Å². The Kier molecular flexibility index (Phi) is 3.26. The largest absolute Gasteiger partial charge is 0.392 e. The summed E-state index contributed by atoms with van der Waals surface area (Å²) in [6, 6.07) is 0.157. The Morgan fingerprint density at radius 3 is 2.80 bits per heavy atom. The maximum Gasteiger partial charge on any atom is 0.237 e. The van der Waals surface area contributed by atoms with Crippen LogP contribution in [0.25, 0.3) is 0 Å². The number of carbonyl (C=O) groups is 1. The van der Waals surface area contributed by atoms with Crippen molar-refractivity contribution < 1.29 is 9.90 Å². The second-order valence-corrected chi connectivity index (χ2v) is 4.87. The summed E-state index contributed by atoms with van der Waals surface area (Å²) >= 11 is 0. The molecule has 0 spiro atoms. The monoisotopic (exact) mass is 212 g/mol. The lowest BCUT2D eigenvalue weighted by Crippen LogP contribution is -2.46. The molecule has 1 aliphatic heterocycles. The zero-order valence-electron chi connectivity index (χ0n) is 9.20. The van der Waals surface area contributed by atoms with Crippen LogP contribution < -0.4 is 10.6 Å². The Balaban J connectivity index is 1.81. The van der Waals surface area contributed by atoms with Crippen molar-refractivity contribution in [2.45, 2.75) is 50.8 Å². The van der Waals surface area contributed by atoms with Gasteiger partial charge in [-0.2, -0.15) is 0 Å². The van der Waals surface area contributed by atoms with Crippen LogP contribution in [0, 0.1) is 5.92 Å². The van der Waals surface area contributed by atoms with E-state index in [1.54, 1.807) is 0 Å². The predicted octanol–water partition coefficient (Wildman–Crippen LogP) is 0.0140. The number of hydrogen-bond acceptors (Lipinski definition) is 3. The number of carbonyl (C=O) groups excluding carboxylic acids is 1. The van der Waals surface area contributed by atoms with E-state index in [2.05, 4.69) is 17.6 Å². The molecule has 1 saturated heterocycles. The van der Waals surface area contributed by atoms with Crippen molar-refractivity contribution >= 4 is 5.91 Å². The lowest BCUT2D eigenvalue weighted by molar-refractivity contribution is -0.123. The number of β-amino-alcohol motifs (C(OH)–C–C–N with tert-alkyl or cyclic N) is 1. The van der Waals surface area contributed by atoms with Gasteiger partial charge in [-0.05, 0) is 25.2 Å². The highest BCUT2D eigenvalue weighted by Gasteiger charge is 2.31. The zero-order valence-corrected chi connectivity index (χ0v) is 9.20. The van der Waals surface area contributed by atoms with Crippen molar-refractivity contribution in [1.82, 2.24) is 10.6 Å². The highest BCUT2D eigenvalue weighted by atomic mass is 16.3. The molecule has 15 heavy (non-hydrogen) atoms. The Bertz CT molecular complexity index is 245. The highest BCUT2D eigenvalue weighted by molar-refractivity contribution is 5.82. The topological polar surface area (TPSA) is 61.4 Å². The van der Waals surface area contributed by atoms with Crippen molar-refractivity contribution in [3.8, 4) is 0 Å². The summed E-state index contributed by atoms with van der Waals surface area (Å²) in [5.74, 6) is 0.658. The van der Waals surface area contributed by atoms with Gasteiger partial charge in [0.2, 0.25) is 5.91 Å². The summed E-state index contributed by atoms with van der Waals surface area (Å²) in [7, 11) is 0. The van der Waals surface area contributed by atoms with Gasteiger partial charge in [0.1, 0.15) is 0 Å². The maximum absolute atomic E-state index is 11.8. The van der Waals surface area contributed by atoms with Crippen molar-refractivity contribution in [1.29, 1.82) is 0 Å². The van der Waals surface area contributed by atoms with Crippen LogP contribution in [-0.2, 0) is 4.79 Å². The Labute approximate surface area is 90.4 Å². The number of rotatable bonds is 2. The number of aliphatic hydroxyl groups is 1. The van der Waals surface area contributed by atoms with Gasteiger partial charge in [0.05, 0.1) is 12.1 Å². The van der Waals surface area contributed by atoms with Crippen LogP contribution in [0.5, 0.6) is 0 Å². The Morgan fingerprint density at radius 2 is 2.27 bits per heavy atom. The highest BCUT2D eigenvalue weighted by Crippen LogP contribution is 2.25. The quantitative estimate of drug-likeness (QED) is 0.604. The van der Waals surface area contributed by atoms with Crippen molar-refractivity contribution in [3.63, 3.8) is 0 Å². The average Bonchev–Trinajstić information content (AvgIpc) is 2.77. The molecule has 2 aliphatic rings. The first kappa shape index (κ1) is 10.9. The molecule has 4 unspecified atom stereocenters. The molecule has 0 radical (unpaired) electrons. The molecule has 1 amide bonds. The van der Waals surface area contributed by atoms with E-state index in [4.69, 9.17) is 0 Å². The fourth-order valence-electron chi connectivity index (χ4n) is 2.56. The first-order valence-corrected chi connectivity index (χ1v) is 5.88. The molecule has 0 bridgehead atoms. The molecule has 3 N–H and O–H groups in total. The minimum atomic E-state index is -0.359. The second kappa shape index (κ2) is 4.49. The molecule has 2 rings (SSSR count). The van der Waals surface area contributed by atoms with Crippen molar-refractivity contribution in [3.05, 3.63) is 0 Å². The molecular formula is C11H20N2O2. The minimum Gasteiger partial charge on any atom is -0.392 e. The number of aliphatic hydroxyl groups excluding tert-OH is 1. The third-order valence-electron chi connectivity index (χ3n) is 3.61. The molecule has 1 heterocycles. The van der Waals surface area contributed by atoms with Gasteiger partial charge in [0.15, 0.2) is 0 Å². The van der Waals surface area contributed by atoms with Crippen LogP contribution in [0.4, 0.5) is 0 Å². The molecule has 1 saturated carbocycles. The van der Waals surface area contributed by atoms with Gasteiger partial charge in [0.25, 0.3) is 0 Å². The molecule has 0 aromatic carbocycles. The summed E-state index contributed by atoms with van der Waals surface area (Å²) in [5, 5.41) is 15.4. The van der Waals surface area contributed by atoms with Gasteiger partial charge < -0.3 is 15.7 Å². The molecule has 1 aliphatic carbocycles. The number of nitrogens with one attached hydrogen (secondary N) is 2. The molecule has 0 aromatic heterocycles. The van der Waals surface area contributed by atoms with Crippen LogP contribution in [0.3, 0.4) is 0 Å². The minimum absolute atomic E-state index is 0.0605. The lowest BCUT2D eigenvalue weighted by Gasteiger charge is -2.19. The van der Waals surface area contributed by atoms with E-state index < -0.39 is 0 Å². The molecule has 0 aromatic rings. The maximum atomic E-state index is 11.8. The van der Waals surface area contributed by atoms with E-state index in [0.29, 0.717) is 24.9 Å². The van der Waals surface area contributed by atoms with Crippen LogP contribution in [0.1, 0.15) is 32.6 Å². The Hall–Kier alpha value is -0.610. The van der Waals surface area contributed by atoms with Gasteiger partial charge in [-0.3, -0.25) is 4.79 Å². The molecule has 2 fully saturated rings. The summed E-state index contributed by atoms with van der Waals surface area (Å²) in [6.45, 7) is 2.73. The number of amides is 1. The molecule has 4 nitrogen and oxygen atoms in total. The molecular weight excluding hydrogens is 192 g/mol. The van der Waals surface area contributed by atoms with Crippen molar-refractivity contribution in [2.75, 3.05) is 6.54 Å². The van der Waals surface area contributed by atoms with E-state index in [9.17, 15) is 9.90 Å². The third kappa shape index (κ3) is 2.49. The van der Waals surface area contributed by atoms with E-state index in [1.807, 2.05) is 0 Å². The van der Waals surface area contributed by atoms with Crippen molar-refractivity contribution in [2.24, 2.45) is 5.92 Å². The third-order valence-corrected chi connectivity index (χ3v) is 3.61. The van der Waals surface area contributed by atoms with Gasteiger partial charge >= 0.3 is 0 Å². The Morgan fingerprint density at radius 1 is 1.47 bits per heavy atom. The first-order chi connectivity index (χ1) is 7.16. The van der Waals surface area contributed by atoms with E-state index in [0.717, 1.165) is 6.42 Å². The fraction of sp³-hybridized carbons (Fsp3) is 0.909. The normalized spacial score (nSPS) is 40.7. The van der Waals surface area contributed by atoms with Crippen LogP contribution in [-0.4, -0.2) is 35.7 Å². The smallest absolute Gasteiger partial charge is 0.237 e. The fourth-order valence-corrected chi connectivity index (χ4v) is 2.56. The van der Waals surface area contributed by atoms with Crippen LogP contribution in [0.15, 0.2) is 0 Å². The molecule has 4 heteroatoms. The summed E-state index contributed by atoms with van der Waals surface area (Å²) < 4.78 is 0. The van der Waals surface area contributed by atoms with E-state index in [1.165, 1.54) is 12.8 Å². The van der Waals surface area contributed by atoms with Gasteiger partial charge in [-0.15, -0.1) is 0 Å². The molecule has 86 valence electrons. The average molecular weight is 212 g/mol. The van der Waals surface area contributed by atoms with E-state index >= 15 is 0 Å². The van der Waals surface area contributed by atoms with Gasteiger partial charge in [-0.25, -0.2) is 0 Å². The zero-order chi connectivity index (χ0) is 10.8. The number of hydrogen-bond donors (Lipinski definition) is 3. The standard InChI is InChI=1S/C11H20N2O2/c1-7-3-2-4-9(7)13-11(15)10-5-8(14)6-12-10/h7-10,12,14H,2-6H2,1H3,(H,13,15). The first-order valence-electron chi connectivity index (χ1n) is 5.88. The lowest BCUT2D eigenvalue weighted by atomic mass is 10.1. The summed E-state index contributed by atoms with van der Waals surface area (Å²) in [4.78, 5) is 11.8. The summed E-state index contributed by atoms with van der Waals surface area (Å²) in [5.41, 5.74) is 0. The summed E-state index contributed by atoms with van der Waals surface area (Å²) in [6.07, 6.45) is 3.72.